The van der Waals surface area contributed by atoms with Gasteiger partial charge in [0, 0.05) is 51.1 Å². The molecule has 1 aliphatic rings. The lowest BCUT2D eigenvalue weighted by Gasteiger charge is -2.37. The van der Waals surface area contributed by atoms with Gasteiger partial charge in [-0.05, 0) is 30.7 Å². The van der Waals surface area contributed by atoms with Crippen LogP contribution in [0.25, 0.3) is 10.9 Å². The number of carbonyl (C=O) groups excluding carboxylic acids is 1. The van der Waals surface area contributed by atoms with E-state index in [9.17, 15) is 14.7 Å². The molecule has 1 fully saturated rings. The summed E-state index contributed by atoms with van der Waals surface area (Å²) in [7, 11) is 3.17. The predicted octanol–water partition coefficient (Wildman–Crippen LogP) is 0.857. The second kappa shape index (κ2) is 10.6. The summed E-state index contributed by atoms with van der Waals surface area (Å²) in [6.45, 7) is 3.18. The highest BCUT2D eigenvalue weighted by atomic mass is 35.5. The van der Waals surface area contributed by atoms with E-state index in [2.05, 4.69) is 22.5 Å². The lowest BCUT2D eigenvalue weighted by Crippen LogP contribution is -2.57. The molecule has 2 atom stereocenters. The molecule has 4 rings (SSSR count). The number of anilines is 1. The fourth-order valence-corrected chi connectivity index (χ4v) is 4.40. The number of fused-ring (bicyclic) bond motifs is 1. The number of pyridine rings is 1. The number of nitrogens with zero attached hydrogens (tertiary/aromatic N) is 4. The number of amides is 1. The molecule has 0 aliphatic carbocycles. The maximum atomic E-state index is 12.6. The van der Waals surface area contributed by atoms with Gasteiger partial charge in [-0.2, -0.15) is 0 Å². The van der Waals surface area contributed by atoms with E-state index < -0.39 is 0 Å². The Morgan fingerprint density at radius 3 is 2.89 bits per heavy atom. The van der Waals surface area contributed by atoms with Crippen molar-refractivity contribution in [1.29, 1.82) is 0 Å². The highest BCUT2D eigenvalue weighted by Crippen LogP contribution is 2.24. The number of hydrogen-bond donors (Lipinski definition) is 3. The molecule has 0 unspecified atom stereocenters. The summed E-state index contributed by atoms with van der Waals surface area (Å²) < 4.78 is 6.95. The summed E-state index contributed by atoms with van der Waals surface area (Å²) in [5.74, 6) is 0.359. The maximum Gasteiger partial charge on any atom is 0.293 e. The zero-order chi connectivity index (χ0) is 25.1. The first-order chi connectivity index (χ1) is 16.8. The number of halogens is 1. The molecule has 1 saturated heterocycles. The predicted molar refractivity (Wildman–Crippen MR) is 134 cm³/mol. The van der Waals surface area contributed by atoms with Crippen LogP contribution in [0.4, 0.5) is 5.95 Å². The van der Waals surface area contributed by atoms with Gasteiger partial charge in [0.25, 0.3) is 11.5 Å². The van der Waals surface area contributed by atoms with Gasteiger partial charge < -0.3 is 29.9 Å². The van der Waals surface area contributed by atoms with Gasteiger partial charge in [-0.1, -0.05) is 17.7 Å². The number of piperazine rings is 1. The van der Waals surface area contributed by atoms with E-state index in [1.807, 2.05) is 23.1 Å². The summed E-state index contributed by atoms with van der Waals surface area (Å²) in [6, 6.07) is 7.54. The van der Waals surface area contributed by atoms with E-state index in [0.29, 0.717) is 29.6 Å². The van der Waals surface area contributed by atoms with Gasteiger partial charge in [0.05, 0.1) is 29.0 Å². The monoisotopic (exact) mass is 500 g/mol. The van der Waals surface area contributed by atoms with Gasteiger partial charge in [-0.25, -0.2) is 9.97 Å². The van der Waals surface area contributed by atoms with Crippen LogP contribution in [0.1, 0.15) is 18.2 Å². The number of aliphatic hydroxyl groups is 1. The maximum absolute atomic E-state index is 12.6. The molecule has 11 heteroatoms. The number of aliphatic hydroxyl groups excluding tert-OH is 1. The van der Waals surface area contributed by atoms with Crippen LogP contribution >= 0.6 is 11.6 Å². The molecule has 10 nitrogen and oxygen atoms in total. The van der Waals surface area contributed by atoms with Gasteiger partial charge in [0.1, 0.15) is 0 Å². The molecular weight excluding hydrogens is 472 g/mol. The molecule has 3 aromatic rings. The van der Waals surface area contributed by atoms with E-state index in [0.717, 1.165) is 23.0 Å². The summed E-state index contributed by atoms with van der Waals surface area (Å²) in [6.07, 6.45) is 2.07. The summed E-state index contributed by atoms with van der Waals surface area (Å²) in [5, 5.41) is 16.7. The molecule has 1 aromatic carbocycles. The minimum absolute atomic E-state index is 0.0374. The van der Waals surface area contributed by atoms with E-state index in [1.54, 1.807) is 19.3 Å². The smallest absolute Gasteiger partial charge is 0.293 e. The number of hydrogen-bond acceptors (Lipinski definition) is 8. The van der Waals surface area contributed by atoms with Crippen LogP contribution in [0, 0.1) is 0 Å². The van der Waals surface area contributed by atoms with Crippen molar-refractivity contribution in [3.8, 4) is 5.75 Å². The van der Waals surface area contributed by atoms with Crippen LogP contribution in [0.5, 0.6) is 5.75 Å². The van der Waals surface area contributed by atoms with Crippen molar-refractivity contribution in [2.45, 2.75) is 25.4 Å². The largest absolute Gasteiger partial charge is 0.478 e. The number of aryl methyl sites for hydroxylation is 1. The SMILES string of the molecule is CNC(=O)COc1cc2cc(Cc3nc(N4C[C@H](CO)N[C@@H](C)C4)ncc3Cl)ccc2n(C)c1=O. The molecule has 2 aromatic heterocycles. The van der Waals surface area contributed by atoms with Gasteiger partial charge in [0.2, 0.25) is 5.95 Å². The number of rotatable bonds is 7. The molecule has 186 valence electrons. The summed E-state index contributed by atoms with van der Waals surface area (Å²) in [5.41, 5.74) is 2.06. The third-order valence-corrected chi connectivity index (χ3v) is 6.34. The van der Waals surface area contributed by atoms with Crippen LogP contribution in [-0.4, -0.2) is 71.0 Å². The molecule has 0 bridgehead atoms. The molecule has 0 spiro atoms. The number of benzene rings is 1. The first-order valence-corrected chi connectivity index (χ1v) is 11.8. The molecule has 3 heterocycles. The number of likely N-dealkylation sites (N-methyl/N-ethyl adjacent to an activating group) is 1. The van der Waals surface area contributed by atoms with Crippen molar-refractivity contribution in [2.75, 3.05) is 38.3 Å². The zero-order valence-electron chi connectivity index (χ0n) is 19.9. The average Bonchev–Trinajstić information content (AvgIpc) is 2.85. The van der Waals surface area contributed by atoms with Crippen LogP contribution in [0.3, 0.4) is 0 Å². The fourth-order valence-electron chi connectivity index (χ4n) is 4.25. The molecule has 1 aliphatic heterocycles. The zero-order valence-corrected chi connectivity index (χ0v) is 20.7. The number of nitrogens with one attached hydrogen (secondary N) is 2. The normalized spacial score (nSPS) is 18.0. The minimum atomic E-state index is -0.320. The Morgan fingerprint density at radius 2 is 2.14 bits per heavy atom. The van der Waals surface area contributed by atoms with E-state index in [4.69, 9.17) is 21.3 Å². The topological polar surface area (TPSA) is 122 Å². The Morgan fingerprint density at radius 1 is 1.34 bits per heavy atom. The first kappa shape index (κ1) is 24.9. The quantitative estimate of drug-likeness (QED) is 0.436. The van der Waals surface area contributed by atoms with Gasteiger partial charge in [-0.15, -0.1) is 0 Å². The van der Waals surface area contributed by atoms with Crippen LogP contribution in [0.15, 0.2) is 35.3 Å². The van der Waals surface area contributed by atoms with Crippen molar-refractivity contribution in [3.05, 3.63) is 57.1 Å². The number of ether oxygens (including phenoxy) is 1. The molecule has 35 heavy (non-hydrogen) atoms. The van der Waals surface area contributed by atoms with E-state index in [1.165, 1.54) is 11.6 Å². The van der Waals surface area contributed by atoms with E-state index in [-0.39, 0.29) is 42.5 Å². The summed E-state index contributed by atoms with van der Waals surface area (Å²) >= 11 is 6.44. The van der Waals surface area contributed by atoms with Gasteiger partial charge in [0.15, 0.2) is 12.4 Å². The third-order valence-electron chi connectivity index (χ3n) is 6.03. The second-order valence-corrected chi connectivity index (χ2v) is 9.13. The van der Waals surface area contributed by atoms with Gasteiger partial charge >= 0.3 is 0 Å². The van der Waals surface area contributed by atoms with Crippen LogP contribution in [-0.2, 0) is 18.3 Å². The molecule has 0 saturated carbocycles. The van der Waals surface area contributed by atoms with Crippen molar-refractivity contribution >= 4 is 34.4 Å². The second-order valence-electron chi connectivity index (χ2n) is 8.72. The Hall–Kier alpha value is -3.21. The van der Waals surface area contributed by atoms with Gasteiger partial charge in [-0.3, -0.25) is 9.59 Å². The number of aromatic nitrogens is 3. The lowest BCUT2D eigenvalue weighted by atomic mass is 10.1. The van der Waals surface area contributed by atoms with E-state index >= 15 is 0 Å². The number of carbonyl (C=O) groups is 1. The minimum Gasteiger partial charge on any atom is -0.478 e. The lowest BCUT2D eigenvalue weighted by molar-refractivity contribution is -0.122. The molecular formula is C24H29ClN6O4. The van der Waals surface area contributed by atoms with Crippen molar-refractivity contribution in [3.63, 3.8) is 0 Å². The Kier molecular flexibility index (Phi) is 7.54. The van der Waals surface area contributed by atoms with Crippen LogP contribution < -0.4 is 25.8 Å². The highest BCUT2D eigenvalue weighted by molar-refractivity contribution is 6.31. The molecule has 3 N–H and O–H groups in total. The first-order valence-electron chi connectivity index (χ1n) is 11.4. The molecule has 0 radical (unpaired) electrons. The third kappa shape index (κ3) is 5.55. The Labute approximate surface area is 207 Å². The fraction of sp³-hybridized carbons (Fsp3) is 0.417. The van der Waals surface area contributed by atoms with Crippen molar-refractivity contribution in [2.24, 2.45) is 7.05 Å². The average molecular weight is 501 g/mol. The van der Waals surface area contributed by atoms with Crippen molar-refractivity contribution < 1.29 is 14.6 Å². The highest BCUT2D eigenvalue weighted by Gasteiger charge is 2.25. The van der Waals surface area contributed by atoms with Crippen LogP contribution in [0.2, 0.25) is 5.02 Å². The summed E-state index contributed by atoms with van der Waals surface area (Å²) in [4.78, 5) is 35.3. The standard InChI is InChI=1S/C24H29ClN6O4/c1-14-10-31(11-17(12-32)28-14)24-27-9-18(25)19(29-24)7-15-4-5-20-16(6-15)8-21(23(34)30(20)3)35-13-22(33)26-2/h4-6,8-9,14,17,28,32H,7,10-13H2,1-3H3,(H,26,33)/t14-,17+/m0/s1. The van der Waals surface area contributed by atoms with Crippen molar-refractivity contribution in [1.82, 2.24) is 25.2 Å². The Bertz CT molecular complexity index is 1300. The molecule has 1 amide bonds. The Balaban J connectivity index is 1.61.